The van der Waals surface area contributed by atoms with Crippen LogP contribution in [0.1, 0.15) is 25.2 Å². The third kappa shape index (κ3) is 2.52. The quantitative estimate of drug-likeness (QED) is 0.759. The van der Waals surface area contributed by atoms with Gasteiger partial charge in [-0.1, -0.05) is 13.8 Å². The van der Waals surface area contributed by atoms with Gasteiger partial charge in [0.1, 0.15) is 5.82 Å². The van der Waals surface area contributed by atoms with Crippen LogP contribution in [0.25, 0.3) is 11.1 Å². The van der Waals surface area contributed by atoms with E-state index in [2.05, 4.69) is 10.1 Å². The van der Waals surface area contributed by atoms with Crippen LogP contribution < -0.4 is 0 Å². The Morgan fingerprint density at radius 3 is 2.35 bits per heavy atom. The monoisotopic (exact) mass is 235 g/mol. The summed E-state index contributed by atoms with van der Waals surface area (Å²) in [5, 5.41) is 4.25. The number of aryl methyl sites for hydroxylation is 2. The highest BCUT2D eigenvalue weighted by atomic mass is 19.1. The standard InChI is InChI=1S/C11H12FN3.C2H6/c1-7-11(8(2)15(3)14-7)9-6-13-5-4-10(9)12;1-2/h4-6H,1-3H3;1-2H3. The molecule has 2 heterocycles. The minimum absolute atomic E-state index is 0.260. The molecule has 92 valence electrons. The molecule has 0 saturated carbocycles. The second-order valence-corrected chi connectivity index (χ2v) is 3.52. The lowest BCUT2D eigenvalue weighted by molar-refractivity contribution is 0.629. The van der Waals surface area contributed by atoms with E-state index in [4.69, 9.17) is 0 Å². The van der Waals surface area contributed by atoms with E-state index in [-0.39, 0.29) is 5.82 Å². The van der Waals surface area contributed by atoms with Gasteiger partial charge in [-0.05, 0) is 19.9 Å². The summed E-state index contributed by atoms with van der Waals surface area (Å²) < 4.78 is 15.3. The smallest absolute Gasteiger partial charge is 0.134 e. The molecule has 4 heteroatoms. The lowest BCUT2D eigenvalue weighted by Gasteiger charge is -2.02. The summed E-state index contributed by atoms with van der Waals surface area (Å²) in [4.78, 5) is 3.94. The summed E-state index contributed by atoms with van der Waals surface area (Å²) in [6.45, 7) is 7.79. The molecule has 0 radical (unpaired) electrons. The van der Waals surface area contributed by atoms with Crippen LogP contribution >= 0.6 is 0 Å². The van der Waals surface area contributed by atoms with Gasteiger partial charge in [-0.25, -0.2) is 4.39 Å². The van der Waals surface area contributed by atoms with Gasteiger partial charge in [0.15, 0.2) is 0 Å². The van der Waals surface area contributed by atoms with Crippen LogP contribution in [0, 0.1) is 19.7 Å². The number of nitrogens with zero attached hydrogens (tertiary/aromatic N) is 3. The van der Waals surface area contributed by atoms with Gasteiger partial charge in [-0.2, -0.15) is 5.10 Å². The number of hydrogen-bond donors (Lipinski definition) is 0. The minimum atomic E-state index is -0.260. The number of aromatic nitrogens is 3. The van der Waals surface area contributed by atoms with Crippen molar-refractivity contribution < 1.29 is 4.39 Å². The molecule has 0 amide bonds. The summed E-state index contributed by atoms with van der Waals surface area (Å²) in [6.07, 6.45) is 2.98. The van der Waals surface area contributed by atoms with E-state index < -0.39 is 0 Å². The van der Waals surface area contributed by atoms with Crippen LogP contribution in [0.5, 0.6) is 0 Å². The maximum atomic E-state index is 13.6. The molecule has 2 rings (SSSR count). The van der Waals surface area contributed by atoms with Crippen LogP contribution in [-0.4, -0.2) is 14.8 Å². The molecule has 0 aliphatic carbocycles. The molecule has 0 unspecified atom stereocenters. The van der Waals surface area contributed by atoms with E-state index in [9.17, 15) is 4.39 Å². The molecule has 0 spiro atoms. The summed E-state index contributed by atoms with van der Waals surface area (Å²) in [7, 11) is 1.85. The van der Waals surface area contributed by atoms with Crippen molar-refractivity contribution in [2.45, 2.75) is 27.7 Å². The summed E-state index contributed by atoms with van der Waals surface area (Å²) in [5.74, 6) is -0.260. The van der Waals surface area contributed by atoms with Gasteiger partial charge < -0.3 is 0 Å². The van der Waals surface area contributed by atoms with Gasteiger partial charge in [0.05, 0.1) is 5.69 Å². The first-order valence-corrected chi connectivity index (χ1v) is 5.71. The molecule has 0 fully saturated rings. The average molecular weight is 235 g/mol. The van der Waals surface area contributed by atoms with Crippen LogP contribution in [-0.2, 0) is 7.05 Å². The molecule has 0 aliphatic rings. The number of pyridine rings is 1. The highest BCUT2D eigenvalue weighted by molar-refractivity contribution is 5.68. The van der Waals surface area contributed by atoms with E-state index in [1.807, 2.05) is 34.7 Å². The molecular weight excluding hydrogens is 217 g/mol. The summed E-state index contributed by atoms with van der Waals surface area (Å²) >= 11 is 0. The lowest BCUT2D eigenvalue weighted by atomic mass is 10.1. The van der Waals surface area contributed by atoms with Gasteiger partial charge in [0, 0.05) is 36.3 Å². The number of rotatable bonds is 1. The second-order valence-electron chi connectivity index (χ2n) is 3.52. The molecule has 0 N–H and O–H groups in total. The predicted octanol–water partition coefficient (Wildman–Crippen LogP) is 3.26. The lowest BCUT2D eigenvalue weighted by Crippen LogP contribution is -1.93. The molecule has 0 aliphatic heterocycles. The molecule has 0 atom stereocenters. The van der Waals surface area contributed by atoms with Crippen molar-refractivity contribution in [1.29, 1.82) is 0 Å². The largest absolute Gasteiger partial charge is 0.272 e. The van der Waals surface area contributed by atoms with E-state index in [0.717, 1.165) is 17.0 Å². The van der Waals surface area contributed by atoms with Crippen molar-refractivity contribution in [1.82, 2.24) is 14.8 Å². The fourth-order valence-electron chi connectivity index (χ4n) is 1.72. The molecule has 2 aromatic rings. The summed E-state index contributed by atoms with van der Waals surface area (Å²) in [6, 6.07) is 1.36. The molecule has 3 nitrogen and oxygen atoms in total. The van der Waals surface area contributed by atoms with Crippen LogP contribution in [0.2, 0.25) is 0 Å². The Bertz CT molecular complexity index is 503. The van der Waals surface area contributed by atoms with Crippen molar-refractivity contribution in [3.05, 3.63) is 35.7 Å². The Hall–Kier alpha value is -1.71. The van der Waals surface area contributed by atoms with E-state index in [0.29, 0.717) is 5.56 Å². The van der Waals surface area contributed by atoms with Gasteiger partial charge >= 0.3 is 0 Å². The van der Waals surface area contributed by atoms with Gasteiger partial charge in [-0.15, -0.1) is 0 Å². The Labute approximate surface area is 101 Å². The Morgan fingerprint density at radius 1 is 1.24 bits per heavy atom. The maximum absolute atomic E-state index is 13.6. The highest BCUT2D eigenvalue weighted by Gasteiger charge is 2.14. The normalized spacial score (nSPS) is 9.76. The third-order valence-electron chi connectivity index (χ3n) is 2.55. The van der Waals surface area contributed by atoms with Gasteiger partial charge in [0.25, 0.3) is 0 Å². The molecule has 17 heavy (non-hydrogen) atoms. The Balaban J connectivity index is 0.000000686. The van der Waals surface area contributed by atoms with E-state index >= 15 is 0 Å². The van der Waals surface area contributed by atoms with E-state index in [1.165, 1.54) is 18.5 Å². The van der Waals surface area contributed by atoms with Crippen molar-refractivity contribution in [3.8, 4) is 11.1 Å². The van der Waals surface area contributed by atoms with Crippen LogP contribution in [0.3, 0.4) is 0 Å². The first kappa shape index (κ1) is 13.4. The van der Waals surface area contributed by atoms with Crippen LogP contribution in [0.15, 0.2) is 18.5 Å². The van der Waals surface area contributed by atoms with Crippen molar-refractivity contribution in [3.63, 3.8) is 0 Å². The zero-order chi connectivity index (χ0) is 13.0. The molecule has 2 aromatic heterocycles. The van der Waals surface area contributed by atoms with Gasteiger partial charge in [-0.3, -0.25) is 9.67 Å². The SMILES string of the molecule is CC.Cc1nn(C)c(C)c1-c1cnccc1F. The fraction of sp³-hybridized carbons (Fsp3) is 0.385. The average Bonchev–Trinajstić information content (AvgIpc) is 2.58. The van der Waals surface area contributed by atoms with E-state index in [1.54, 1.807) is 4.68 Å². The topological polar surface area (TPSA) is 30.7 Å². The number of halogens is 1. The zero-order valence-corrected chi connectivity index (χ0v) is 11.0. The molecule has 0 aromatic carbocycles. The Kier molecular flexibility index (Phi) is 4.37. The fourth-order valence-corrected chi connectivity index (χ4v) is 1.72. The molecule has 0 saturated heterocycles. The molecule has 0 bridgehead atoms. The highest BCUT2D eigenvalue weighted by Crippen LogP contribution is 2.27. The summed E-state index contributed by atoms with van der Waals surface area (Å²) in [5.41, 5.74) is 3.12. The van der Waals surface area contributed by atoms with Gasteiger partial charge in [0.2, 0.25) is 0 Å². The van der Waals surface area contributed by atoms with Crippen LogP contribution in [0.4, 0.5) is 4.39 Å². The number of hydrogen-bond acceptors (Lipinski definition) is 2. The maximum Gasteiger partial charge on any atom is 0.134 e. The van der Waals surface area contributed by atoms with Crippen molar-refractivity contribution in [2.24, 2.45) is 7.05 Å². The predicted molar refractivity (Wildman–Crippen MR) is 67.2 cm³/mol. The molecular formula is C13H18FN3. The second kappa shape index (κ2) is 5.57. The van der Waals surface area contributed by atoms with Crippen molar-refractivity contribution in [2.75, 3.05) is 0 Å². The zero-order valence-electron chi connectivity index (χ0n) is 11.0. The first-order chi connectivity index (χ1) is 8.11. The first-order valence-electron chi connectivity index (χ1n) is 5.71. The van der Waals surface area contributed by atoms with Crippen molar-refractivity contribution >= 4 is 0 Å². The minimum Gasteiger partial charge on any atom is -0.272 e. The Morgan fingerprint density at radius 2 is 1.88 bits per heavy atom. The third-order valence-corrected chi connectivity index (χ3v) is 2.55.